The summed E-state index contributed by atoms with van der Waals surface area (Å²) in [5.41, 5.74) is 2.75. The standard InChI is InChI=1S/C12H13NO2/c1-8-4-9-6-10(7-14)13(2)12(9)11(5-8)15-3/h4-7H,1-3H3. The Morgan fingerprint density at radius 2 is 2.07 bits per heavy atom. The molecular formula is C12H13NO2. The van der Waals surface area contributed by atoms with Gasteiger partial charge in [-0.05, 0) is 30.7 Å². The van der Waals surface area contributed by atoms with Crippen LogP contribution in [0.15, 0.2) is 18.2 Å². The van der Waals surface area contributed by atoms with Crippen LogP contribution in [0.1, 0.15) is 16.1 Å². The topological polar surface area (TPSA) is 31.2 Å². The van der Waals surface area contributed by atoms with E-state index in [1.54, 1.807) is 7.11 Å². The first-order valence-electron chi connectivity index (χ1n) is 4.76. The van der Waals surface area contributed by atoms with Gasteiger partial charge in [-0.1, -0.05) is 0 Å². The summed E-state index contributed by atoms with van der Waals surface area (Å²) in [6.07, 6.45) is 0.856. The van der Waals surface area contributed by atoms with E-state index in [0.29, 0.717) is 5.69 Å². The maximum atomic E-state index is 10.8. The molecule has 0 aliphatic heterocycles. The van der Waals surface area contributed by atoms with Crippen molar-refractivity contribution in [2.24, 2.45) is 7.05 Å². The van der Waals surface area contributed by atoms with Crippen LogP contribution in [0, 0.1) is 6.92 Å². The summed E-state index contributed by atoms with van der Waals surface area (Å²) >= 11 is 0. The molecule has 0 saturated carbocycles. The number of rotatable bonds is 2. The van der Waals surface area contributed by atoms with Gasteiger partial charge in [0.05, 0.1) is 18.3 Å². The molecule has 15 heavy (non-hydrogen) atoms. The second kappa shape index (κ2) is 3.42. The average Bonchev–Trinajstić information content (AvgIpc) is 2.54. The zero-order valence-electron chi connectivity index (χ0n) is 9.07. The summed E-state index contributed by atoms with van der Waals surface area (Å²) in [5, 5.41) is 1.04. The molecule has 0 aliphatic carbocycles. The number of hydrogen-bond donors (Lipinski definition) is 0. The number of hydrogen-bond acceptors (Lipinski definition) is 2. The highest BCUT2D eigenvalue weighted by Gasteiger charge is 2.10. The van der Waals surface area contributed by atoms with Gasteiger partial charge in [-0.2, -0.15) is 0 Å². The maximum absolute atomic E-state index is 10.8. The summed E-state index contributed by atoms with van der Waals surface area (Å²) in [6.45, 7) is 2.01. The van der Waals surface area contributed by atoms with Crippen LogP contribution in [0.3, 0.4) is 0 Å². The Bertz CT molecular complexity index is 526. The Labute approximate surface area is 88.3 Å². The summed E-state index contributed by atoms with van der Waals surface area (Å²) in [4.78, 5) is 10.8. The highest BCUT2D eigenvalue weighted by Crippen LogP contribution is 2.29. The van der Waals surface area contributed by atoms with E-state index in [1.165, 1.54) is 0 Å². The van der Waals surface area contributed by atoms with Crippen molar-refractivity contribution in [1.82, 2.24) is 4.57 Å². The van der Waals surface area contributed by atoms with Crippen LogP contribution < -0.4 is 4.74 Å². The molecule has 3 heteroatoms. The minimum Gasteiger partial charge on any atom is -0.495 e. The van der Waals surface area contributed by atoms with E-state index in [2.05, 4.69) is 0 Å². The van der Waals surface area contributed by atoms with Gasteiger partial charge in [-0.15, -0.1) is 0 Å². The molecule has 2 aromatic rings. The van der Waals surface area contributed by atoms with Gasteiger partial charge < -0.3 is 9.30 Å². The van der Waals surface area contributed by atoms with Crippen molar-refractivity contribution in [3.8, 4) is 5.75 Å². The summed E-state index contributed by atoms with van der Waals surface area (Å²) < 4.78 is 7.16. The molecule has 0 atom stereocenters. The smallest absolute Gasteiger partial charge is 0.166 e. The van der Waals surface area contributed by atoms with Crippen LogP contribution >= 0.6 is 0 Å². The lowest BCUT2D eigenvalue weighted by atomic mass is 10.1. The lowest BCUT2D eigenvalue weighted by Crippen LogP contribution is -1.95. The van der Waals surface area contributed by atoms with E-state index in [1.807, 2.05) is 36.7 Å². The number of aromatic nitrogens is 1. The predicted octanol–water partition coefficient (Wildman–Crippen LogP) is 2.31. The van der Waals surface area contributed by atoms with Crippen molar-refractivity contribution in [1.29, 1.82) is 0 Å². The molecule has 0 spiro atoms. The average molecular weight is 203 g/mol. The fourth-order valence-electron chi connectivity index (χ4n) is 1.90. The number of nitrogens with zero attached hydrogens (tertiary/aromatic N) is 1. The molecule has 0 bridgehead atoms. The molecule has 78 valence electrons. The number of benzene rings is 1. The number of methoxy groups -OCH3 is 1. The van der Waals surface area contributed by atoms with Crippen molar-refractivity contribution in [2.45, 2.75) is 6.92 Å². The second-order valence-electron chi connectivity index (χ2n) is 3.65. The fraction of sp³-hybridized carbons (Fsp3) is 0.250. The first kappa shape index (κ1) is 9.77. The molecule has 0 radical (unpaired) electrons. The molecule has 0 unspecified atom stereocenters. The minimum atomic E-state index is 0.661. The third kappa shape index (κ3) is 1.40. The van der Waals surface area contributed by atoms with Crippen molar-refractivity contribution in [3.63, 3.8) is 0 Å². The van der Waals surface area contributed by atoms with E-state index in [4.69, 9.17) is 4.74 Å². The number of fused-ring (bicyclic) bond motifs is 1. The molecule has 0 saturated heterocycles. The first-order chi connectivity index (χ1) is 7.17. The highest BCUT2D eigenvalue weighted by atomic mass is 16.5. The van der Waals surface area contributed by atoms with Gasteiger partial charge in [0, 0.05) is 12.4 Å². The third-order valence-electron chi connectivity index (χ3n) is 2.62. The van der Waals surface area contributed by atoms with Gasteiger partial charge in [0.2, 0.25) is 0 Å². The van der Waals surface area contributed by atoms with Crippen LogP contribution in [0.5, 0.6) is 5.75 Å². The first-order valence-corrected chi connectivity index (χ1v) is 4.76. The molecule has 0 amide bonds. The van der Waals surface area contributed by atoms with Crippen LogP contribution in [0.2, 0.25) is 0 Å². The molecular weight excluding hydrogens is 190 g/mol. The predicted molar refractivity (Wildman–Crippen MR) is 59.6 cm³/mol. The largest absolute Gasteiger partial charge is 0.495 e. The molecule has 3 nitrogen and oxygen atoms in total. The van der Waals surface area contributed by atoms with E-state index < -0.39 is 0 Å². The van der Waals surface area contributed by atoms with Gasteiger partial charge >= 0.3 is 0 Å². The van der Waals surface area contributed by atoms with Crippen molar-refractivity contribution < 1.29 is 9.53 Å². The zero-order valence-corrected chi connectivity index (χ0v) is 9.07. The van der Waals surface area contributed by atoms with Gasteiger partial charge in [0.15, 0.2) is 6.29 Å². The van der Waals surface area contributed by atoms with E-state index in [0.717, 1.165) is 28.5 Å². The van der Waals surface area contributed by atoms with Crippen LogP contribution in [-0.4, -0.2) is 18.0 Å². The Balaban J connectivity index is 2.87. The van der Waals surface area contributed by atoms with Gasteiger partial charge in [0.25, 0.3) is 0 Å². The molecule has 1 aromatic carbocycles. The normalized spacial score (nSPS) is 10.6. The number of ether oxygens (including phenoxy) is 1. The number of aryl methyl sites for hydroxylation is 2. The lowest BCUT2D eigenvalue weighted by molar-refractivity contribution is 0.111. The molecule has 1 aromatic heterocycles. The summed E-state index contributed by atoms with van der Waals surface area (Å²) in [6, 6.07) is 5.89. The highest BCUT2D eigenvalue weighted by molar-refractivity contribution is 5.93. The summed E-state index contributed by atoms with van der Waals surface area (Å²) in [7, 11) is 3.51. The van der Waals surface area contributed by atoms with E-state index in [9.17, 15) is 4.79 Å². The van der Waals surface area contributed by atoms with E-state index >= 15 is 0 Å². The Morgan fingerprint density at radius 3 is 2.67 bits per heavy atom. The van der Waals surface area contributed by atoms with Crippen molar-refractivity contribution >= 4 is 17.2 Å². The molecule has 2 rings (SSSR count). The van der Waals surface area contributed by atoms with Gasteiger partial charge in [-0.3, -0.25) is 4.79 Å². The minimum absolute atomic E-state index is 0.661. The Hall–Kier alpha value is -1.77. The monoisotopic (exact) mass is 203 g/mol. The van der Waals surface area contributed by atoms with Crippen LogP contribution in [0.4, 0.5) is 0 Å². The molecule has 1 heterocycles. The SMILES string of the molecule is COc1cc(C)cc2cc(C=O)n(C)c12. The number of carbonyl (C=O) groups is 1. The van der Waals surface area contributed by atoms with Gasteiger partial charge in [0.1, 0.15) is 5.75 Å². The fourth-order valence-corrected chi connectivity index (χ4v) is 1.90. The summed E-state index contributed by atoms with van der Waals surface area (Å²) in [5.74, 6) is 0.806. The van der Waals surface area contributed by atoms with E-state index in [-0.39, 0.29) is 0 Å². The molecule has 0 aliphatic rings. The van der Waals surface area contributed by atoms with Crippen LogP contribution in [-0.2, 0) is 7.05 Å². The third-order valence-corrected chi connectivity index (χ3v) is 2.62. The van der Waals surface area contributed by atoms with Crippen LogP contribution in [0.25, 0.3) is 10.9 Å². The number of carbonyl (C=O) groups excluding carboxylic acids is 1. The lowest BCUT2D eigenvalue weighted by Gasteiger charge is -2.06. The molecule has 0 N–H and O–H groups in total. The van der Waals surface area contributed by atoms with Gasteiger partial charge in [-0.25, -0.2) is 0 Å². The second-order valence-corrected chi connectivity index (χ2v) is 3.65. The van der Waals surface area contributed by atoms with Crippen molar-refractivity contribution in [2.75, 3.05) is 7.11 Å². The Morgan fingerprint density at radius 1 is 1.33 bits per heavy atom. The molecule has 0 fully saturated rings. The Kier molecular flexibility index (Phi) is 2.23. The zero-order chi connectivity index (χ0) is 11.0. The maximum Gasteiger partial charge on any atom is 0.166 e. The number of aldehydes is 1. The van der Waals surface area contributed by atoms with Crippen molar-refractivity contribution in [3.05, 3.63) is 29.5 Å². The quantitative estimate of drug-likeness (QED) is 0.701.